The molecule has 204 valence electrons. The molecule has 0 unspecified atom stereocenters. The maximum Gasteiger partial charge on any atom is 0.307 e. The minimum absolute atomic E-state index is 0.125. The van der Waals surface area contributed by atoms with Crippen molar-refractivity contribution >= 4 is 5.97 Å². The van der Waals surface area contributed by atoms with Gasteiger partial charge in [-0.2, -0.15) is 0 Å². The van der Waals surface area contributed by atoms with Crippen LogP contribution in [0, 0.1) is 23.1 Å². The Bertz CT molecular complexity index is 1440. The molecule has 0 radical (unpaired) electrons. The van der Waals surface area contributed by atoms with Crippen LogP contribution < -0.4 is 9.47 Å². The molecule has 4 nitrogen and oxygen atoms in total. The molecule has 5 heteroatoms. The summed E-state index contributed by atoms with van der Waals surface area (Å²) in [6, 6.07) is 17.3. The molecule has 0 aliphatic heterocycles. The predicted molar refractivity (Wildman–Crippen MR) is 150 cm³/mol. The number of fused-ring (bicyclic) bond motifs is 2. The number of hydrogen-bond acceptors (Lipinski definition) is 3. The Hall–Kier alpha value is -3.34. The van der Waals surface area contributed by atoms with Gasteiger partial charge in [-0.05, 0) is 101 Å². The van der Waals surface area contributed by atoms with Crippen molar-refractivity contribution in [2.45, 2.75) is 70.8 Å². The third-order valence-corrected chi connectivity index (χ3v) is 10.0. The van der Waals surface area contributed by atoms with Gasteiger partial charge in [0, 0.05) is 11.0 Å². The molecule has 0 heterocycles. The van der Waals surface area contributed by atoms with Crippen molar-refractivity contribution < 1.29 is 23.8 Å². The first kappa shape index (κ1) is 25.9. The number of carboxylic acid groups (broad SMARTS) is 1. The zero-order chi connectivity index (χ0) is 27.5. The van der Waals surface area contributed by atoms with E-state index in [1.54, 1.807) is 19.2 Å². The van der Waals surface area contributed by atoms with E-state index in [0.717, 1.165) is 60.1 Å². The maximum atomic E-state index is 15.1. The van der Waals surface area contributed by atoms with Gasteiger partial charge in [0.2, 0.25) is 0 Å². The zero-order valence-electron chi connectivity index (χ0n) is 23.2. The number of aliphatic carboxylic acids is 1. The number of benzene rings is 3. The maximum absolute atomic E-state index is 15.1. The zero-order valence-corrected chi connectivity index (χ0v) is 23.2. The van der Waals surface area contributed by atoms with E-state index >= 15 is 4.39 Å². The molecule has 1 spiro atoms. The molecule has 39 heavy (non-hydrogen) atoms. The first-order chi connectivity index (χ1) is 18.7. The molecule has 3 aliphatic carbocycles. The van der Waals surface area contributed by atoms with Crippen molar-refractivity contribution in [3.8, 4) is 22.6 Å². The molecule has 3 aromatic rings. The van der Waals surface area contributed by atoms with Crippen LogP contribution in [0.1, 0.15) is 74.6 Å². The molecular weight excluding hydrogens is 491 g/mol. The summed E-state index contributed by atoms with van der Waals surface area (Å²) in [6.07, 6.45) is 5.20. The molecule has 3 aliphatic rings. The summed E-state index contributed by atoms with van der Waals surface area (Å²) < 4.78 is 26.8. The Morgan fingerprint density at radius 2 is 1.82 bits per heavy atom. The molecule has 0 aromatic heterocycles. The standard InChI is InChI=1S/C34H37FO4/c1-20-31(32(36)37)34(20)15-13-22-8-9-24(18-29(22)34)39-19-21-7-11-25(27-17-23(38-4)10-12-30(27)35)26(16-21)28-6-5-14-33(28,2)3/h7-12,16-18,20,28,31H,5-6,13-15,19H2,1-4H3,(H,36,37)/t20-,28+,31-,34-/m1/s1. The summed E-state index contributed by atoms with van der Waals surface area (Å²) in [5.74, 6) is 0.616. The largest absolute Gasteiger partial charge is 0.497 e. The number of aryl methyl sites for hydroxylation is 1. The molecule has 6 rings (SSSR count). The number of halogens is 1. The fraction of sp³-hybridized carbons (Fsp3) is 0.441. The summed E-state index contributed by atoms with van der Waals surface area (Å²) in [7, 11) is 1.60. The van der Waals surface area contributed by atoms with Gasteiger partial charge >= 0.3 is 5.97 Å². The average Bonchev–Trinajstić information content (AvgIpc) is 3.15. The predicted octanol–water partition coefficient (Wildman–Crippen LogP) is 7.91. The highest BCUT2D eigenvalue weighted by atomic mass is 19.1. The second kappa shape index (κ2) is 9.39. The van der Waals surface area contributed by atoms with E-state index in [9.17, 15) is 9.90 Å². The Morgan fingerprint density at radius 3 is 2.51 bits per heavy atom. The van der Waals surface area contributed by atoms with E-state index in [0.29, 0.717) is 23.8 Å². The van der Waals surface area contributed by atoms with Gasteiger partial charge in [0.25, 0.3) is 0 Å². The van der Waals surface area contributed by atoms with Gasteiger partial charge in [-0.1, -0.05) is 51.5 Å². The fourth-order valence-corrected chi connectivity index (χ4v) is 7.78. The normalized spacial score (nSPS) is 26.4. The van der Waals surface area contributed by atoms with Crippen LogP contribution in [-0.4, -0.2) is 18.2 Å². The van der Waals surface area contributed by atoms with Crippen molar-refractivity contribution in [1.29, 1.82) is 0 Å². The van der Waals surface area contributed by atoms with Gasteiger partial charge in [0.1, 0.15) is 23.9 Å². The second-order valence-electron chi connectivity index (χ2n) is 12.5. The molecule has 2 saturated carbocycles. The number of carboxylic acids is 1. The van der Waals surface area contributed by atoms with Gasteiger partial charge in [0.05, 0.1) is 13.0 Å². The quantitative estimate of drug-likeness (QED) is 0.339. The highest BCUT2D eigenvalue weighted by molar-refractivity contribution is 5.79. The Balaban J connectivity index is 1.31. The fourth-order valence-electron chi connectivity index (χ4n) is 7.78. The van der Waals surface area contributed by atoms with E-state index in [1.165, 1.54) is 11.6 Å². The number of carbonyl (C=O) groups is 1. The number of hydrogen-bond donors (Lipinski definition) is 1. The molecule has 1 N–H and O–H groups in total. The highest BCUT2D eigenvalue weighted by Gasteiger charge is 2.68. The van der Waals surface area contributed by atoms with Crippen LogP contribution in [0.3, 0.4) is 0 Å². The monoisotopic (exact) mass is 528 g/mol. The third-order valence-electron chi connectivity index (χ3n) is 10.0. The van der Waals surface area contributed by atoms with Gasteiger partial charge in [-0.15, -0.1) is 0 Å². The summed E-state index contributed by atoms with van der Waals surface area (Å²) in [5, 5.41) is 9.74. The first-order valence-corrected chi connectivity index (χ1v) is 14.1. The summed E-state index contributed by atoms with van der Waals surface area (Å²) in [5.41, 5.74) is 5.95. The molecule has 0 amide bonds. The Labute approximate surface area is 230 Å². The van der Waals surface area contributed by atoms with Crippen molar-refractivity contribution in [2.24, 2.45) is 17.3 Å². The van der Waals surface area contributed by atoms with E-state index in [-0.39, 0.29) is 28.5 Å². The van der Waals surface area contributed by atoms with E-state index in [4.69, 9.17) is 9.47 Å². The molecule has 4 atom stereocenters. The van der Waals surface area contributed by atoms with Crippen LogP contribution in [0.4, 0.5) is 4.39 Å². The molecule has 3 aromatic carbocycles. The average molecular weight is 529 g/mol. The minimum Gasteiger partial charge on any atom is -0.497 e. The lowest BCUT2D eigenvalue weighted by molar-refractivity contribution is -0.139. The SMILES string of the molecule is COc1ccc(F)c(-c2ccc(COc3ccc4c(c3)[C@@]3(CC4)[C@H](C)[C@@H]3C(=O)O)cc2[C@@H]2CCCC2(C)C)c1. The Morgan fingerprint density at radius 1 is 1.03 bits per heavy atom. The van der Waals surface area contributed by atoms with E-state index in [2.05, 4.69) is 39.0 Å². The smallest absolute Gasteiger partial charge is 0.307 e. The van der Waals surface area contributed by atoms with E-state index in [1.807, 2.05) is 18.2 Å². The third kappa shape index (κ3) is 4.21. The van der Waals surface area contributed by atoms with Crippen LogP contribution in [-0.2, 0) is 23.2 Å². The summed E-state index contributed by atoms with van der Waals surface area (Å²) in [6.45, 7) is 7.07. The van der Waals surface area contributed by atoms with Gasteiger partial charge < -0.3 is 14.6 Å². The topological polar surface area (TPSA) is 55.8 Å². The summed E-state index contributed by atoms with van der Waals surface area (Å²) >= 11 is 0. The number of methoxy groups -OCH3 is 1. The second-order valence-corrected chi connectivity index (χ2v) is 12.5. The van der Waals surface area contributed by atoms with Crippen molar-refractivity contribution in [3.63, 3.8) is 0 Å². The molecule has 2 fully saturated rings. The lowest BCUT2D eigenvalue weighted by Gasteiger charge is -2.30. The van der Waals surface area contributed by atoms with Gasteiger partial charge in [-0.3, -0.25) is 4.79 Å². The van der Waals surface area contributed by atoms with Crippen LogP contribution in [0.25, 0.3) is 11.1 Å². The van der Waals surface area contributed by atoms with Crippen molar-refractivity contribution in [3.05, 3.63) is 82.7 Å². The molecule has 0 bridgehead atoms. The van der Waals surface area contributed by atoms with Crippen LogP contribution in [0.15, 0.2) is 54.6 Å². The van der Waals surface area contributed by atoms with Crippen molar-refractivity contribution in [1.82, 2.24) is 0 Å². The van der Waals surface area contributed by atoms with Crippen LogP contribution >= 0.6 is 0 Å². The van der Waals surface area contributed by atoms with Gasteiger partial charge in [-0.25, -0.2) is 4.39 Å². The van der Waals surface area contributed by atoms with E-state index < -0.39 is 5.97 Å². The van der Waals surface area contributed by atoms with Gasteiger partial charge in [0.15, 0.2) is 0 Å². The number of rotatable bonds is 7. The minimum atomic E-state index is -0.698. The van der Waals surface area contributed by atoms with Crippen molar-refractivity contribution in [2.75, 3.05) is 7.11 Å². The lowest BCUT2D eigenvalue weighted by Crippen LogP contribution is -2.17. The Kier molecular flexibility index (Phi) is 6.24. The first-order valence-electron chi connectivity index (χ1n) is 14.1. The molecular formula is C34H37FO4. The lowest BCUT2D eigenvalue weighted by atomic mass is 9.75. The van der Waals surface area contributed by atoms with Crippen LogP contribution in [0.2, 0.25) is 0 Å². The highest BCUT2D eigenvalue weighted by Crippen LogP contribution is 2.66. The molecule has 0 saturated heterocycles. The van der Waals surface area contributed by atoms with Crippen LogP contribution in [0.5, 0.6) is 11.5 Å². The summed E-state index contributed by atoms with van der Waals surface area (Å²) in [4.78, 5) is 11.9. The number of ether oxygens (including phenoxy) is 2.